The summed E-state index contributed by atoms with van der Waals surface area (Å²) in [5.74, 6) is -1.01. The maximum absolute atomic E-state index is 12.6. The third-order valence-corrected chi connectivity index (χ3v) is 6.37. The number of carboxylic acids is 1. The molecule has 1 amide bonds. The minimum Gasteiger partial charge on any atom is -0.480 e. The van der Waals surface area contributed by atoms with Crippen molar-refractivity contribution >= 4 is 40.5 Å². The molecule has 1 aliphatic rings. The van der Waals surface area contributed by atoms with Crippen molar-refractivity contribution in [1.82, 2.24) is 15.3 Å². The van der Waals surface area contributed by atoms with Gasteiger partial charge in [-0.25, -0.2) is 9.78 Å². The zero-order valence-electron chi connectivity index (χ0n) is 16.3. The number of halogens is 1. The van der Waals surface area contributed by atoms with Crippen molar-refractivity contribution in [3.8, 4) is 0 Å². The second kappa shape index (κ2) is 10.0. The number of carbonyl (C=O) groups is 2. The van der Waals surface area contributed by atoms with Crippen molar-refractivity contribution in [2.45, 2.75) is 51.1 Å². The van der Waals surface area contributed by atoms with Gasteiger partial charge in [0.1, 0.15) is 15.9 Å². The molecule has 1 aliphatic carbocycles. The van der Waals surface area contributed by atoms with Crippen LogP contribution in [0, 0.1) is 5.92 Å². The van der Waals surface area contributed by atoms with Gasteiger partial charge >= 0.3 is 5.97 Å². The van der Waals surface area contributed by atoms with E-state index in [0.717, 1.165) is 36.4 Å². The zero-order chi connectivity index (χ0) is 20.8. The standard InChI is InChI=1S/C20H25ClN4O3S/c1-25(15-8-14(21)9-22-10-15)12-18-23-11-17(29-18)19(26)24-16(20(27)28)7-13-5-3-2-4-6-13/h8-11,13,16H,2-7,12H2,1H3,(H,24,26)(H,27,28). The molecule has 3 rings (SSSR count). The topological polar surface area (TPSA) is 95.4 Å². The summed E-state index contributed by atoms with van der Waals surface area (Å²) in [7, 11) is 1.89. The Hall–Kier alpha value is -2.19. The second-order valence-electron chi connectivity index (χ2n) is 7.44. The minimum absolute atomic E-state index is 0.363. The van der Waals surface area contributed by atoms with Gasteiger partial charge < -0.3 is 15.3 Å². The van der Waals surface area contributed by atoms with Gasteiger partial charge in [0.2, 0.25) is 0 Å². The van der Waals surface area contributed by atoms with Gasteiger partial charge in [0.05, 0.1) is 29.6 Å². The zero-order valence-corrected chi connectivity index (χ0v) is 17.9. The first kappa shape index (κ1) is 21.5. The van der Waals surface area contributed by atoms with Crippen LogP contribution in [0.5, 0.6) is 0 Å². The van der Waals surface area contributed by atoms with Crippen LogP contribution in [0.1, 0.15) is 53.2 Å². The van der Waals surface area contributed by atoms with Crippen molar-refractivity contribution in [2.75, 3.05) is 11.9 Å². The molecule has 0 saturated heterocycles. The van der Waals surface area contributed by atoms with Crippen LogP contribution in [-0.2, 0) is 11.3 Å². The number of carboxylic acid groups (broad SMARTS) is 1. The van der Waals surface area contributed by atoms with Crippen LogP contribution < -0.4 is 10.2 Å². The highest BCUT2D eigenvalue weighted by Crippen LogP contribution is 2.27. The van der Waals surface area contributed by atoms with Crippen LogP contribution in [0.25, 0.3) is 0 Å². The number of aromatic nitrogens is 2. The summed E-state index contributed by atoms with van der Waals surface area (Å²) in [5, 5.41) is 13.5. The summed E-state index contributed by atoms with van der Waals surface area (Å²) in [6, 6.07) is 0.940. The quantitative estimate of drug-likeness (QED) is 0.649. The molecule has 2 N–H and O–H groups in total. The highest BCUT2D eigenvalue weighted by atomic mass is 35.5. The minimum atomic E-state index is -0.984. The SMILES string of the molecule is CN(Cc1ncc(C(=O)NC(CC2CCCCC2)C(=O)O)s1)c1cncc(Cl)c1. The number of nitrogens with one attached hydrogen (secondary N) is 1. The molecule has 0 aliphatic heterocycles. The van der Waals surface area contributed by atoms with Gasteiger partial charge in [-0.05, 0) is 18.4 Å². The summed E-state index contributed by atoms with van der Waals surface area (Å²) >= 11 is 7.24. The number of nitrogens with zero attached hydrogens (tertiary/aromatic N) is 3. The van der Waals surface area contributed by atoms with Crippen LogP contribution in [0.15, 0.2) is 24.7 Å². The molecular formula is C20H25ClN4O3S. The van der Waals surface area contributed by atoms with E-state index in [1.807, 2.05) is 11.9 Å². The van der Waals surface area contributed by atoms with Gasteiger partial charge in [0.25, 0.3) is 5.91 Å². The lowest BCUT2D eigenvalue weighted by atomic mass is 9.85. The highest BCUT2D eigenvalue weighted by Gasteiger charge is 2.26. The first-order valence-electron chi connectivity index (χ1n) is 9.72. The molecule has 0 spiro atoms. The maximum atomic E-state index is 12.6. The van der Waals surface area contributed by atoms with E-state index in [-0.39, 0.29) is 5.91 Å². The van der Waals surface area contributed by atoms with E-state index in [2.05, 4.69) is 15.3 Å². The molecule has 7 nitrogen and oxygen atoms in total. The van der Waals surface area contributed by atoms with E-state index in [1.165, 1.54) is 24.0 Å². The number of aliphatic carboxylic acids is 1. The fourth-order valence-corrected chi connectivity index (χ4v) is 4.64. The predicted molar refractivity (Wildman–Crippen MR) is 114 cm³/mol. The van der Waals surface area contributed by atoms with Gasteiger partial charge in [-0.3, -0.25) is 9.78 Å². The summed E-state index contributed by atoms with van der Waals surface area (Å²) in [6.45, 7) is 0.490. The number of hydrogen-bond donors (Lipinski definition) is 2. The average molecular weight is 437 g/mol. The number of anilines is 1. The van der Waals surface area contributed by atoms with E-state index in [9.17, 15) is 14.7 Å². The van der Waals surface area contributed by atoms with E-state index in [4.69, 9.17) is 11.6 Å². The molecule has 1 atom stereocenters. The average Bonchev–Trinajstić information content (AvgIpc) is 3.16. The molecule has 1 saturated carbocycles. The number of thiazole rings is 1. The lowest BCUT2D eigenvalue weighted by molar-refractivity contribution is -0.139. The molecule has 0 bridgehead atoms. The summed E-state index contributed by atoms with van der Waals surface area (Å²) in [5.41, 5.74) is 0.845. The number of amides is 1. The fourth-order valence-electron chi connectivity index (χ4n) is 3.60. The third-order valence-electron chi connectivity index (χ3n) is 5.18. The number of carbonyl (C=O) groups excluding carboxylic acids is 1. The number of rotatable bonds is 8. The van der Waals surface area contributed by atoms with Gasteiger partial charge in [-0.2, -0.15) is 0 Å². The second-order valence-corrected chi connectivity index (χ2v) is 8.99. The van der Waals surface area contributed by atoms with Crippen LogP contribution in [0.2, 0.25) is 5.02 Å². The smallest absolute Gasteiger partial charge is 0.326 e. The van der Waals surface area contributed by atoms with Gasteiger partial charge in [0.15, 0.2) is 0 Å². The van der Waals surface area contributed by atoms with Crippen LogP contribution in [0.4, 0.5) is 5.69 Å². The Labute approximate surface area is 179 Å². The first-order valence-corrected chi connectivity index (χ1v) is 10.9. The molecule has 2 heterocycles. The summed E-state index contributed by atoms with van der Waals surface area (Å²) in [6.07, 6.45) is 10.8. The highest BCUT2D eigenvalue weighted by molar-refractivity contribution is 7.13. The van der Waals surface area contributed by atoms with Crippen molar-refractivity contribution in [3.63, 3.8) is 0 Å². The Morgan fingerprint density at radius 2 is 2.07 bits per heavy atom. The van der Waals surface area contributed by atoms with Crippen molar-refractivity contribution in [3.05, 3.63) is 39.6 Å². The number of pyridine rings is 1. The number of hydrogen-bond acceptors (Lipinski definition) is 6. The Balaban J connectivity index is 1.59. The van der Waals surface area contributed by atoms with Crippen molar-refractivity contribution in [2.24, 2.45) is 5.92 Å². The lowest BCUT2D eigenvalue weighted by Crippen LogP contribution is -2.42. The molecule has 2 aromatic heterocycles. The molecule has 0 aromatic carbocycles. The molecule has 0 radical (unpaired) electrons. The Kier molecular flexibility index (Phi) is 7.44. The van der Waals surface area contributed by atoms with E-state index >= 15 is 0 Å². The van der Waals surface area contributed by atoms with E-state index in [0.29, 0.717) is 28.8 Å². The van der Waals surface area contributed by atoms with Crippen LogP contribution >= 0.6 is 22.9 Å². The molecule has 1 fully saturated rings. The van der Waals surface area contributed by atoms with Crippen LogP contribution in [0.3, 0.4) is 0 Å². The van der Waals surface area contributed by atoms with Gasteiger partial charge in [-0.15, -0.1) is 11.3 Å². The van der Waals surface area contributed by atoms with Crippen LogP contribution in [-0.4, -0.2) is 40.0 Å². The summed E-state index contributed by atoms with van der Waals surface area (Å²) in [4.78, 5) is 34.9. The third kappa shape index (κ3) is 6.14. The fraction of sp³-hybridized carbons (Fsp3) is 0.500. The molecule has 29 heavy (non-hydrogen) atoms. The summed E-state index contributed by atoms with van der Waals surface area (Å²) < 4.78 is 0. The molecule has 9 heteroatoms. The maximum Gasteiger partial charge on any atom is 0.326 e. The lowest BCUT2D eigenvalue weighted by Gasteiger charge is -2.24. The monoisotopic (exact) mass is 436 g/mol. The normalized spacial score (nSPS) is 15.7. The van der Waals surface area contributed by atoms with Gasteiger partial charge in [-0.1, -0.05) is 43.7 Å². The Morgan fingerprint density at radius 1 is 1.31 bits per heavy atom. The van der Waals surface area contributed by atoms with Crippen molar-refractivity contribution in [1.29, 1.82) is 0 Å². The Morgan fingerprint density at radius 3 is 2.76 bits per heavy atom. The molecular weight excluding hydrogens is 412 g/mol. The van der Waals surface area contributed by atoms with E-state index < -0.39 is 12.0 Å². The molecule has 156 valence electrons. The van der Waals surface area contributed by atoms with Crippen molar-refractivity contribution < 1.29 is 14.7 Å². The Bertz CT molecular complexity index is 854. The molecule has 1 unspecified atom stereocenters. The largest absolute Gasteiger partial charge is 0.480 e. The first-order chi connectivity index (χ1) is 13.9. The predicted octanol–water partition coefficient (Wildman–Crippen LogP) is 3.98. The van der Waals surface area contributed by atoms with Gasteiger partial charge in [0, 0.05) is 13.2 Å². The molecule has 2 aromatic rings. The van der Waals surface area contributed by atoms with E-state index in [1.54, 1.807) is 18.5 Å².